The molecule has 0 aliphatic carbocycles. The van der Waals surface area contributed by atoms with Crippen molar-refractivity contribution in [1.29, 1.82) is 0 Å². The molecule has 0 fully saturated rings. The number of rotatable bonds is 3. The number of ether oxygens (including phenoxy) is 1. The van der Waals surface area contributed by atoms with Crippen LogP contribution in [0.15, 0.2) is 51.7 Å². The fourth-order valence-corrected chi connectivity index (χ4v) is 2.47. The van der Waals surface area contributed by atoms with E-state index in [0.29, 0.717) is 27.4 Å². The minimum Gasteiger partial charge on any atom is -0.497 e. The number of halogens is 1. The molecule has 1 aromatic heterocycles. The standard InChI is InChI=1S/C18H14ClNO4/c1-10-3-5-12(19)8-15(10)20-17(21)14-7-11-4-6-13(23-2)9-16(11)24-18(14)22/h3-9H,1-2H3,(H,20,21). The van der Waals surface area contributed by atoms with E-state index in [2.05, 4.69) is 5.32 Å². The van der Waals surface area contributed by atoms with Crippen molar-refractivity contribution in [2.75, 3.05) is 12.4 Å². The molecule has 1 N–H and O–H groups in total. The van der Waals surface area contributed by atoms with Gasteiger partial charge in [0, 0.05) is 22.2 Å². The van der Waals surface area contributed by atoms with Crippen LogP contribution in [0.25, 0.3) is 11.0 Å². The Bertz CT molecular complexity index is 994. The summed E-state index contributed by atoms with van der Waals surface area (Å²) >= 11 is 5.94. The molecule has 3 aromatic rings. The van der Waals surface area contributed by atoms with Crippen molar-refractivity contribution >= 4 is 34.2 Å². The molecule has 0 aliphatic rings. The second-order valence-corrected chi connectivity index (χ2v) is 5.70. The van der Waals surface area contributed by atoms with Crippen molar-refractivity contribution in [3.05, 3.63) is 69.0 Å². The molecule has 0 aliphatic heterocycles. The molecule has 0 unspecified atom stereocenters. The van der Waals surface area contributed by atoms with Gasteiger partial charge in [-0.3, -0.25) is 4.79 Å². The molecule has 6 heteroatoms. The smallest absolute Gasteiger partial charge is 0.349 e. The molecule has 5 nitrogen and oxygen atoms in total. The van der Waals surface area contributed by atoms with Gasteiger partial charge in [0.2, 0.25) is 0 Å². The minimum atomic E-state index is -0.715. The zero-order chi connectivity index (χ0) is 17.3. The lowest BCUT2D eigenvalue weighted by Crippen LogP contribution is -2.21. The summed E-state index contributed by atoms with van der Waals surface area (Å²) in [7, 11) is 1.52. The van der Waals surface area contributed by atoms with Gasteiger partial charge >= 0.3 is 5.63 Å². The van der Waals surface area contributed by atoms with Crippen LogP contribution in [-0.4, -0.2) is 13.0 Å². The van der Waals surface area contributed by atoms with E-state index < -0.39 is 11.5 Å². The number of hydrogen-bond acceptors (Lipinski definition) is 4. The molecule has 122 valence electrons. The van der Waals surface area contributed by atoms with E-state index in [9.17, 15) is 9.59 Å². The number of amides is 1. The third kappa shape index (κ3) is 3.12. The fraction of sp³-hybridized carbons (Fsp3) is 0.111. The predicted molar refractivity (Wildman–Crippen MR) is 93.2 cm³/mol. The van der Waals surface area contributed by atoms with E-state index in [1.54, 1.807) is 36.4 Å². The number of nitrogens with one attached hydrogen (secondary N) is 1. The van der Waals surface area contributed by atoms with E-state index in [1.165, 1.54) is 13.2 Å². The number of carbonyl (C=O) groups excluding carboxylic acids is 1. The number of anilines is 1. The Morgan fingerprint density at radius 3 is 2.71 bits per heavy atom. The van der Waals surface area contributed by atoms with E-state index in [0.717, 1.165) is 5.56 Å². The Balaban J connectivity index is 1.99. The van der Waals surface area contributed by atoms with Crippen LogP contribution in [0.1, 0.15) is 15.9 Å². The van der Waals surface area contributed by atoms with Crippen molar-refractivity contribution in [2.24, 2.45) is 0 Å². The van der Waals surface area contributed by atoms with Crippen LogP contribution in [0.5, 0.6) is 5.75 Å². The van der Waals surface area contributed by atoms with Crippen LogP contribution < -0.4 is 15.7 Å². The lowest BCUT2D eigenvalue weighted by atomic mass is 10.1. The van der Waals surface area contributed by atoms with Crippen molar-refractivity contribution in [3.63, 3.8) is 0 Å². The SMILES string of the molecule is COc1ccc2cc(C(=O)Nc3cc(Cl)ccc3C)c(=O)oc2c1. The predicted octanol–water partition coefficient (Wildman–Crippen LogP) is 4.02. The van der Waals surface area contributed by atoms with E-state index in [-0.39, 0.29) is 5.56 Å². The van der Waals surface area contributed by atoms with Gasteiger partial charge in [-0.2, -0.15) is 0 Å². The van der Waals surface area contributed by atoms with E-state index in [1.807, 2.05) is 6.92 Å². The maximum Gasteiger partial charge on any atom is 0.349 e. The highest BCUT2D eigenvalue weighted by atomic mass is 35.5. The molecule has 0 radical (unpaired) electrons. The first-order chi connectivity index (χ1) is 11.5. The van der Waals surface area contributed by atoms with Crippen LogP contribution in [-0.2, 0) is 0 Å². The Kier molecular flexibility index (Phi) is 4.27. The Morgan fingerprint density at radius 2 is 1.96 bits per heavy atom. The molecule has 0 atom stereocenters. The van der Waals surface area contributed by atoms with Crippen LogP contribution in [0.3, 0.4) is 0 Å². The molecule has 0 saturated carbocycles. The normalized spacial score (nSPS) is 10.6. The zero-order valence-electron chi connectivity index (χ0n) is 13.1. The van der Waals surface area contributed by atoms with Gasteiger partial charge in [-0.15, -0.1) is 0 Å². The molecule has 0 bridgehead atoms. The van der Waals surface area contributed by atoms with Gasteiger partial charge in [-0.05, 0) is 42.8 Å². The number of methoxy groups -OCH3 is 1. The number of hydrogen-bond donors (Lipinski definition) is 1. The lowest BCUT2D eigenvalue weighted by Gasteiger charge is -2.09. The fourth-order valence-electron chi connectivity index (χ4n) is 2.30. The highest BCUT2D eigenvalue weighted by Crippen LogP contribution is 2.22. The summed E-state index contributed by atoms with van der Waals surface area (Å²) in [6.45, 7) is 1.83. The highest BCUT2D eigenvalue weighted by molar-refractivity contribution is 6.31. The first-order valence-electron chi connectivity index (χ1n) is 7.17. The molecule has 1 heterocycles. The first-order valence-corrected chi connectivity index (χ1v) is 7.55. The van der Waals surface area contributed by atoms with Gasteiger partial charge in [0.25, 0.3) is 5.91 Å². The highest BCUT2D eigenvalue weighted by Gasteiger charge is 2.15. The quantitative estimate of drug-likeness (QED) is 0.729. The van der Waals surface area contributed by atoms with Crippen molar-refractivity contribution in [1.82, 2.24) is 0 Å². The molecule has 0 spiro atoms. The van der Waals surface area contributed by atoms with Gasteiger partial charge in [0.05, 0.1) is 7.11 Å². The maximum absolute atomic E-state index is 12.4. The molecular formula is C18H14ClNO4. The average Bonchev–Trinajstić information content (AvgIpc) is 2.56. The molecule has 0 saturated heterocycles. The van der Waals surface area contributed by atoms with Crippen LogP contribution in [0, 0.1) is 6.92 Å². The summed E-state index contributed by atoms with van der Waals surface area (Å²) in [6, 6.07) is 11.7. The maximum atomic E-state index is 12.4. The van der Waals surface area contributed by atoms with Gasteiger partial charge in [-0.1, -0.05) is 17.7 Å². The molecule has 3 rings (SSSR count). The second kappa shape index (κ2) is 6.37. The van der Waals surface area contributed by atoms with Gasteiger partial charge in [-0.25, -0.2) is 4.79 Å². The Labute approximate surface area is 142 Å². The van der Waals surface area contributed by atoms with Crippen LogP contribution in [0.4, 0.5) is 5.69 Å². The van der Waals surface area contributed by atoms with E-state index in [4.69, 9.17) is 20.8 Å². The van der Waals surface area contributed by atoms with Crippen molar-refractivity contribution < 1.29 is 13.9 Å². The minimum absolute atomic E-state index is 0.0768. The molecule has 1 amide bonds. The lowest BCUT2D eigenvalue weighted by molar-refractivity contribution is 0.102. The summed E-state index contributed by atoms with van der Waals surface area (Å²) in [5.74, 6) is 0.0178. The van der Waals surface area contributed by atoms with Gasteiger partial charge in [0.1, 0.15) is 16.9 Å². The van der Waals surface area contributed by atoms with Gasteiger partial charge < -0.3 is 14.5 Å². The molecule has 2 aromatic carbocycles. The number of benzene rings is 2. The molecular weight excluding hydrogens is 330 g/mol. The second-order valence-electron chi connectivity index (χ2n) is 5.26. The topological polar surface area (TPSA) is 68.5 Å². The summed E-state index contributed by atoms with van der Waals surface area (Å²) < 4.78 is 10.3. The zero-order valence-corrected chi connectivity index (χ0v) is 13.8. The Morgan fingerprint density at radius 1 is 1.17 bits per heavy atom. The summed E-state index contributed by atoms with van der Waals surface area (Å²) in [4.78, 5) is 24.5. The number of carbonyl (C=O) groups is 1. The number of fused-ring (bicyclic) bond motifs is 1. The Hall–Kier alpha value is -2.79. The molecule has 24 heavy (non-hydrogen) atoms. The number of aryl methyl sites for hydroxylation is 1. The summed E-state index contributed by atoms with van der Waals surface area (Å²) in [5.41, 5.74) is 0.944. The third-order valence-corrected chi connectivity index (χ3v) is 3.87. The van der Waals surface area contributed by atoms with Gasteiger partial charge in [0.15, 0.2) is 0 Å². The van der Waals surface area contributed by atoms with E-state index >= 15 is 0 Å². The van der Waals surface area contributed by atoms with Crippen molar-refractivity contribution in [3.8, 4) is 5.75 Å². The monoisotopic (exact) mass is 343 g/mol. The summed E-state index contributed by atoms with van der Waals surface area (Å²) in [5, 5.41) is 3.81. The van der Waals surface area contributed by atoms with Crippen LogP contribution >= 0.6 is 11.6 Å². The third-order valence-electron chi connectivity index (χ3n) is 3.64. The summed E-state index contributed by atoms with van der Waals surface area (Å²) in [6.07, 6.45) is 0. The largest absolute Gasteiger partial charge is 0.497 e. The van der Waals surface area contributed by atoms with Crippen LogP contribution in [0.2, 0.25) is 5.02 Å². The average molecular weight is 344 g/mol. The first kappa shape index (κ1) is 16.1. The van der Waals surface area contributed by atoms with Crippen molar-refractivity contribution in [2.45, 2.75) is 6.92 Å².